The Hall–Kier alpha value is -2.08. The number of carbonyl (C=O) groups is 1. The van der Waals surface area contributed by atoms with Gasteiger partial charge in [0, 0.05) is 11.4 Å². The van der Waals surface area contributed by atoms with Crippen molar-refractivity contribution in [2.24, 2.45) is 0 Å². The second-order valence-electron chi connectivity index (χ2n) is 5.77. The van der Waals surface area contributed by atoms with E-state index >= 15 is 0 Å². The minimum absolute atomic E-state index is 0.0431. The number of rotatable bonds is 3. The van der Waals surface area contributed by atoms with Crippen LogP contribution in [0, 0.1) is 0 Å². The topological polar surface area (TPSA) is 66.5 Å². The van der Waals surface area contributed by atoms with Gasteiger partial charge in [-0.1, -0.05) is 24.3 Å². The molecule has 116 valence electrons. The van der Waals surface area contributed by atoms with E-state index < -0.39 is 16.1 Å². The zero-order valence-corrected chi connectivity index (χ0v) is 13.5. The van der Waals surface area contributed by atoms with E-state index in [1.165, 1.54) is 4.31 Å². The Morgan fingerprint density at radius 1 is 1.09 bits per heavy atom. The van der Waals surface area contributed by atoms with Crippen LogP contribution in [0.2, 0.25) is 0 Å². The lowest BCUT2D eigenvalue weighted by molar-refractivity contribution is -0.122. The molecule has 3 rings (SSSR count). The predicted octanol–water partition coefficient (Wildman–Crippen LogP) is 2.26. The Morgan fingerprint density at radius 3 is 2.36 bits per heavy atom. The molecule has 6 heteroatoms. The van der Waals surface area contributed by atoms with Crippen molar-refractivity contribution in [3.63, 3.8) is 0 Å². The molecule has 22 heavy (non-hydrogen) atoms. The van der Waals surface area contributed by atoms with Gasteiger partial charge in [0.25, 0.3) is 10.0 Å². The average molecular weight is 318 g/mol. The first-order chi connectivity index (χ1) is 10.3. The number of benzene rings is 2. The smallest absolute Gasteiger partial charge is 0.265 e. The lowest BCUT2D eigenvalue weighted by Gasteiger charge is -2.26. The fourth-order valence-corrected chi connectivity index (χ4v) is 4.72. The van der Waals surface area contributed by atoms with Gasteiger partial charge < -0.3 is 5.32 Å². The van der Waals surface area contributed by atoms with Gasteiger partial charge in [-0.15, -0.1) is 0 Å². The summed E-state index contributed by atoms with van der Waals surface area (Å²) in [6, 6.07) is 9.78. The largest absolute Gasteiger partial charge is 0.352 e. The maximum Gasteiger partial charge on any atom is 0.265 e. The van der Waals surface area contributed by atoms with E-state index in [0.717, 1.165) is 5.39 Å². The van der Waals surface area contributed by atoms with Crippen molar-refractivity contribution < 1.29 is 13.2 Å². The van der Waals surface area contributed by atoms with E-state index in [0.29, 0.717) is 11.1 Å². The molecule has 0 fully saturated rings. The molecule has 1 atom stereocenters. The molecule has 0 aliphatic carbocycles. The third-order valence-electron chi connectivity index (χ3n) is 3.78. The van der Waals surface area contributed by atoms with Crippen molar-refractivity contribution in [2.75, 3.05) is 4.31 Å². The number of amides is 1. The van der Waals surface area contributed by atoms with Crippen LogP contribution >= 0.6 is 0 Å². The van der Waals surface area contributed by atoms with Gasteiger partial charge in [-0.05, 0) is 38.3 Å². The van der Waals surface area contributed by atoms with Crippen LogP contribution in [0.15, 0.2) is 41.3 Å². The Kier molecular flexibility index (Phi) is 3.36. The third kappa shape index (κ3) is 2.06. The maximum absolute atomic E-state index is 12.8. The van der Waals surface area contributed by atoms with E-state index in [4.69, 9.17) is 0 Å². The number of carbonyl (C=O) groups excluding carboxylic acids is 1. The van der Waals surface area contributed by atoms with Gasteiger partial charge in [-0.2, -0.15) is 0 Å². The highest BCUT2D eigenvalue weighted by Gasteiger charge is 2.40. The summed E-state index contributed by atoms with van der Waals surface area (Å²) in [6.07, 6.45) is 0. The summed E-state index contributed by atoms with van der Waals surface area (Å²) >= 11 is 0. The molecule has 1 amide bonds. The Balaban J connectivity index is 2.16. The van der Waals surface area contributed by atoms with E-state index in [9.17, 15) is 13.2 Å². The van der Waals surface area contributed by atoms with E-state index in [2.05, 4.69) is 5.32 Å². The number of anilines is 1. The molecule has 0 aromatic heterocycles. The molecular weight excluding hydrogens is 300 g/mol. The van der Waals surface area contributed by atoms with Crippen molar-refractivity contribution in [3.05, 3.63) is 36.4 Å². The second-order valence-corrected chi connectivity index (χ2v) is 7.55. The number of sulfonamides is 1. The Labute approximate surface area is 130 Å². The van der Waals surface area contributed by atoms with Crippen molar-refractivity contribution >= 4 is 32.4 Å². The van der Waals surface area contributed by atoms with E-state index in [1.807, 2.05) is 32.0 Å². The summed E-state index contributed by atoms with van der Waals surface area (Å²) < 4.78 is 26.9. The molecule has 1 aliphatic heterocycles. The summed E-state index contributed by atoms with van der Waals surface area (Å²) in [4.78, 5) is 12.5. The van der Waals surface area contributed by atoms with E-state index in [-0.39, 0.29) is 16.8 Å². The monoisotopic (exact) mass is 318 g/mol. The van der Waals surface area contributed by atoms with E-state index in [1.54, 1.807) is 25.1 Å². The minimum Gasteiger partial charge on any atom is -0.352 e. The zero-order chi connectivity index (χ0) is 16.1. The minimum atomic E-state index is -3.71. The zero-order valence-electron chi connectivity index (χ0n) is 12.7. The van der Waals surface area contributed by atoms with Gasteiger partial charge in [0.15, 0.2) is 0 Å². The van der Waals surface area contributed by atoms with Gasteiger partial charge >= 0.3 is 0 Å². The number of nitrogens with one attached hydrogen (secondary N) is 1. The summed E-state index contributed by atoms with van der Waals surface area (Å²) in [6.45, 7) is 5.30. The summed E-state index contributed by atoms with van der Waals surface area (Å²) in [5.74, 6) is -0.302. The maximum atomic E-state index is 12.8. The van der Waals surface area contributed by atoms with Crippen molar-refractivity contribution in [3.8, 4) is 0 Å². The van der Waals surface area contributed by atoms with Crippen LogP contribution in [0.1, 0.15) is 20.8 Å². The molecule has 1 heterocycles. The molecule has 0 saturated heterocycles. The lowest BCUT2D eigenvalue weighted by atomic mass is 10.1. The van der Waals surface area contributed by atoms with Crippen molar-refractivity contribution in [1.29, 1.82) is 0 Å². The molecule has 0 unspecified atom stereocenters. The van der Waals surface area contributed by atoms with Crippen LogP contribution in [0.4, 0.5) is 5.69 Å². The standard InChI is InChI=1S/C16H18N2O3S/c1-10(2)17-16(19)11(3)18-13-8-4-6-12-7-5-9-14(15(12)13)22(18,20)21/h4-11H,1-3H3,(H,17,19)/t11-/m1/s1. The first-order valence-electron chi connectivity index (χ1n) is 7.20. The average Bonchev–Trinajstić information content (AvgIpc) is 2.68. The van der Waals surface area contributed by atoms with Crippen LogP contribution in [-0.4, -0.2) is 26.4 Å². The highest BCUT2D eigenvalue weighted by atomic mass is 32.2. The number of nitrogens with zero attached hydrogens (tertiary/aromatic N) is 1. The third-order valence-corrected chi connectivity index (χ3v) is 5.71. The predicted molar refractivity (Wildman–Crippen MR) is 86.4 cm³/mol. The fraction of sp³-hybridized carbons (Fsp3) is 0.312. The van der Waals surface area contributed by atoms with Gasteiger partial charge in [0.05, 0.1) is 10.6 Å². The molecule has 5 nitrogen and oxygen atoms in total. The van der Waals surface area contributed by atoms with Crippen molar-refractivity contribution in [1.82, 2.24) is 5.32 Å². The van der Waals surface area contributed by atoms with Gasteiger partial charge in [-0.25, -0.2) is 8.42 Å². The highest BCUT2D eigenvalue weighted by Crippen LogP contribution is 2.43. The molecule has 0 bridgehead atoms. The van der Waals surface area contributed by atoms with Crippen LogP contribution in [0.25, 0.3) is 10.8 Å². The number of hydrogen-bond acceptors (Lipinski definition) is 3. The highest BCUT2D eigenvalue weighted by molar-refractivity contribution is 7.93. The molecule has 2 aromatic carbocycles. The normalized spacial score (nSPS) is 17.0. The summed E-state index contributed by atoms with van der Waals surface area (Å²) in [5, 5.41) is 4.32. The SMILES string of the molecule is CC(C)NC(=O)[C@@H](C)N1c2cccc3cccc(c23)S1(=O)=O. The molecule has 0 saturated carbocycles. The summed E-state index contributed by atoms with van der Waals surface area (Å²) in [7, 11) is -3.71. The first-order valence-corrected chi connectivity index (χ1v) is 8.64. The Morgan fingerprint density at radius 2 is 1.73 bits per heavy atom. The molecule has 1 N–H and O–H groups in total. The van der Waals surface area contributed by atoms with Crippen LogP contribution in [0.3, 0.4) is 0 Å². The quantitative estimate of drug-likeness (QED) is 0.944. The summed E-state index contributed by atoms with van der Waals surface area (Å²) in [5.41, 5.74) is 0.569. The molecule has 0 spiro atoms. The van der Waals surface area contributed by atoms with Gasteiger partial charge in [0.1, 0.15) is 6.04 Å². The van der Waals surface area contributed by atoms with Crippen LogP contribution < -0.4 is 9.62 Å². The number of hydrogen-bond donors (Lipinski definition) is 1. The molecule has 1 aliphatic rings. The second kappa shape index (κ2) is 4.98. The first kappa shape index (κ1) is 14.8. The van der Waals surface area contributed by atoms with Gasteiger partial charge in [-0.3, -0.25) is 9.10 Å². The molecule has 0 radical (unpaired) electrons. The fourth-order valence-electron chi connectivity index (χ4n) is 2.85. The van der Waals surface area contributed by atoms with Crippen molar-refractivity contribution in [2.45, 2.75) is 37.8 Å². The molecule has 2 aromatic rings. The lowest BCUT2D eigenvalue weighted by Crippen LogP contribution is -2.48. The Bertz CT molecular complexity index is 854. The van der Waals surface area contributed by atoms with Crippen LogP contribution in [-0.2, 0) is 14.8 Å². The van der Waals surface area contributed by atoms with Gasteiger partial charge in [0.2, 0.25) is 5.91 Å². The van der Waals surface area contributed by atoms with Crippen LogP contribution in [0.5, 0.6) is 0 Å². The molecular formula is C16H18N2O3S.